The van der Waals surface area contributed by atoms with Crippen LogP contribution in [0.4, 0.5) is 5.00 Å². The molecule has 36 heavy (non-hydrogen) atoms. The number of rotatable bonds is 7. The van der Waals surface area contributed by atoms with Crippen LogP contribution < -0.4 is 11.1 Å². The predicted octanol–water partition coefficient (Wildman–Crippen LogP) is 2.05. The summed E-state index contributed by atoms with van der Waals surface area (Å²) in [6.45, 7) is 3.82. The first-order valence-electron chi connectivity index (χ1n) is 11.8. The van der Waals surface area contributed by atoms with Gasteiger partial charge in [-0.3, -0.25) is 14.4 Å². The van der Waals surface area contributed by atoms with Gasteiger partial charge in [0.05, 0.1) is 23.0 Å². The molecule has 2 aromatic rings. The van der Waals surface area contributed by atoms with Crippen molar-refractivity contribution in [3.63, 3.8) is 0 Å². The number of primary amides is 1. The van der Waals surface area contributed by atoms with E-state index in [1.54, 1.807) is 6.92 Å². The van der Waals surface area contributed by atoms with Crippen LogP contribution in [0, 0.1) is 5.92 Å². The van der Waals surface area contributed by atoms with E-state index in [4.69, 9.17) is 10.5 Å². The molecule has 12 heteroatoms. The highest BCUT2D eigenvalue weighted by atomic mass is 32.2. The Kier molecular flexibility index (Phi) is 7.79. The Bertz CT molecular complexity index is 1270. The van der Waals surface area contributed by atoms with Crippen molar-refractivity contribution in [2.75, 3.05) is 38.6 Å². The molecule has 1 aromatic carbocycles. The minimum absolute atomic E-state index is 0.0380. The zero-order valence-corrected chi connectivity index (χ0v) is 21.9. The lowest BCUT2D eigenvalue weighted by molar-refractivity contribution is -0.149. The van der Waals surface area contributed by atoms with E-state index in [-0.39, 0.29) is 29.6 Å². The van der Waals surface area contributed by atoms with E-state index in [1.165, 1.54) is 39.9 Å². The minimum Gasteiger partial charge on any atom is -0.466 e. The summed E-state index contributed by atoms with van der Waals surface area (Å²) >= 11 is 1.33. The number of nitrogens with two attached hydrogens (primary N) is 1. The van der Waals surface area contributed by atoms with Crippen molar-refractivity contribution >= 4 is 44.1 Å². The van der Waals surface area contributed by atoms with Gasteiger partial charge in [-0.25, -0.2) is 8.42 Å². The van der Waals surface area contributed by atoms with Gasteiger partial charge in [-0.15, -0.1) is 11.3 Å². The molecule has 1 aromatic heterocycles. The van der Waals surface area contributed by atoms with E-state index in [0.717, 1.165) is 17.0 Å². The number of esters is 1. The first-order chi connectivity index (χ1) is 17.1. The number of amides is 2. The number of nitrogens with zero attached hydrogens (tertiary/aromatic N) is 2. The van der Waals surface area contributed by atoms with Crippen molar-refractivity contribution in [1.29, 1.82) is 0 Å². The third-order valence-electron chi connectivity index (χ3n) is 6.48. The molecule has 0 aliphatic carbocycles. The quantitative estimate of drug-likeness (QED) is 0.518. The van der Waals surface area contributed by atoms with Crippen molar-refractivity contribution in [1.82, 2.24) is 9.21 Å². The average molecular weight is 535 g/mol. The second-order valence-electron chi connectivity index (χ2n) is 8.99. The van der Waals surface area contributed by atoms with Crippen LogP contribution in [0.15, 0.2) is 29.2 Å². The molecule has 2 aliphatic heterocycles. The molecule has 2 amide bonds. The highest BCUT2D eigenvalue weighted by Crippen LogP contribution is 2.37. The van der Waals surface area contributed by atoms with Crippen LogP contribution in [0.2, 0.25) is 0 Å². The summed E-state index contributed by atoms with van der Waals surface area (Å²) < 4.78 is 32.7. The lowest BCUT2D eigenvalue weighted by Crippen LogP contribution is -2.42. The first kappa shape index (κ1) is 26.3. The number of nitrogens with one attached hydrogen (secondary N) is 1. The third-order valence-corrected chi connectivity index (χ3v) is 9.49. The normalized spacial score (nSPS) is 18.9. The molecule has 1 atom stereocenters. The average Bonchev–Trinajstić information content (AvgIpc) is 3.21. The summed E-state index contributed by atoms with van der Waals surface area (Å²) in [5.41, 5.74) is 7.09. The van der Waals surface area contributed by atoms with Gasteiger partial charge in [-0.1, -0.05) is 0 Å². The van der Waals surface area contributed by atoms with Gasteiger partial charge in [-0.05, 0) is 63.1 Å². The second kappa shape index (κ2) is 10.7. The van der Waals surface area contributed by atoms with E-state index in [0.29, 0.717) is 42.9 Å². The minimum atomic E-state index is -3.84. The van der Waals surface area contributed by atoms with Crippen molar-refractivity contribution in [2.45, 2.75) is 37.6 Å². The maximum Gasteiger partial charge on any atom is 0.310 e. The number of hydrogen-bond acceptors (Lipinski definition) is 8. The Morgan fingerprint density at radius 2 is 1.92 bits per heavy atom. The third kappa shape index (κ3) is 5.31. The number of hydrogen-bond donors (Lipinski definition) is 2. The number of ether oxygens (including phenoxy) is 1. The number of anilines is 1. The Balaban J connectivity index is 1.49. The van der Waals surface area contributed by atoms with Crippen LogP contribution in [0.3, 0.4) is 0 Å². The molecule has 194 valence electrons. The topological polar surface area (TPSA) is 139 Å². The molecule has 0 spiro atoms. The number of fused-ring (bicyclic) bond motifs is 1. The number of likely N-dealkylation sites (N-methyl/N-ethyl adjacent to an activating group) is 1. The Labute approximate surface area is 214 Å². The predicted molar refractivity (Wildman–Crippen MR) is 135 cm³/mol. The molecule has 1 unspecified atom stereocenters. The zero-order valence-electron chi connectivity index (χ0n) is 20.3. The fraction of sp³-hybridized carbons (Fsp3) is 0.458. The maximum atomic E-state index is 13.2. The molecule has 3 heterocycles. The van der Waals surface area contributed by atoms with Crippen molar-refractivity contribution in [3.8, 4) is 0 Å². The van der Waals surface area contributed by atoms with Crippen LogP contribution >= 0.6 is 11.3 Å². The highest BCUT2D eigenvalue weighted by Gasteiger charge is 2.34. The molecule has 0 bridgehead atoms. The largest absolute Gasteiger partial charge is 0.466 e. The zero-order chi connectivity index (χ0) is 26.0. The number of thiophene rings is 1. The lowest BCUT2D eigenvalue weighted by atomic mass is 10.0. The molecule has 0 saturated carbocycles. The number of carbonyl (C=O) groups excluding carboxylic acids is 3. The molecule has 1 fully saturated rings. The fourth-order valence-corrected chi connectivity index (χ4v) is 7.45. The summed E-state index contributed by atoms with van der Waals surface area (Å²) in [4.78, 5) is 40.3. The van der Waals surface area contributed by atoms with Gasteiger partial charge in [-0.2, -0.15) is 4.31 Å². The monoisotopic (exact) mass is 534 g/mol. The molecule has 0 radical (unpaired) electrons. The Morgan fingerprint density at radius 3 is 2.58 bits per heavy atom. The molecule has 2 aliphatic rings. The van der Waals surface area contributed by atoms with Crippen LogP contribution in [0.5, 0.6) is 0 Å². The highest BCUT2D eigenvalue weighted by molar-refractivity contribution is 7.89. The van der Waals surface area contributed by atoms with Crippen molar-refractivity contribution in [3.05, 3.63) is 45.8 Å². The summed E-state index contributed by atoms with van der Waals surface area (Å²) in [5, 5.41) is 3.19. The van der Waals surface area contributed by atoms with Gasteiger partial charge in [0.25, 0.3) is 11.8 Å². The van der Waals surface area contributed by atoms with Crippen LogP contribution in [0.1, 0.15) is 50.9 Å². The van der Waals surface area contributed by atoms with Crippen molar-refractivity contribution < 1.29 is 27.5 Å². The second-order valence-corrected chi connectivity index (χ2v) is 12.0. The first-order valence-corrected chi connectivity index (χ1v) is 14.1. The van der Waals surface area contributed by atoms with Crippen LogP contribution in [0.25, 0.3) is 0 Å². The van der Waals surface area contributed by atoms with Crippen LogP contribution in [-0.4, -0.2) is 68.7 Å². The van der Waals surface area contributed by atoms with Gasteiger partial charge < -0.3 is 20.7 Å². The van der Waals surface area contributed by atoms with E-state index < -0.39 is 27.8 Å². The number of carbonyl (C=O) groups is 3. The molecule has 4 rings (SSSR count). The molecule has 1 saturated heterocycles. The van der Waals surface area contributed by atoms with Gasteiger partial charge in [0.15, 0.2) is 0 Å². The molecule has 3 N–H and O–H groups in total. The van der Waals surface area contributed by atoms with Crippen LogP contribution in [-0.2, 0) is 32.5 Å². The smallest absolute Gasteiger partial charge is 0.310 e. The maximum absolute atomic E-state index is 13.2. The van der Waals surface area contributed by atoms with Crippen molar-refractivity contribution in [2.24, 2.45) is 11.7 Å². The fourth-order valence-electron chi connectivity index (χ4n) is 4.60. The lowest BCUT2D eigenvalue weighted by Gasteiger charge is -2.30. The summed E-state index contributed by atoms with van der Waals surface area (Å²) in [7, 11) is -1.85. The van der Waals surface area contributed by atoms with E-state index in [9.17, 15) is 22.8 Å². The van der Waals surface area contributed by atoms with E-state index in [1.807, 2.05) is 7.05 Å². The number of sulfonamides is 1. The summed E-state index contributed by atoms with van der Waals surface area (Å²) in [5.74, 6) is -1.93. The van der Waals surface area contributed by atoms with Gasteiger partial charge >= 0.3 is 5.97 Å². The van der Waals surface area contributed by atoms with Gasteiger partial charge in [0, 0.05) is 36.6 Å². The summed E-state index contributed by atoms with van der Waals surface area (Å²) in [6, 6.07) is 5.61. The van der Waals surface area contributed by atoms with E-state index >= 15 is 0 Å². The molecule has 10 nitrogen and oxygen atoms in total. The Hall–Kier alpha value is -2.80. The van der Waals surface area contributed by atoms with Gasteiger partial charge in [0.1, 0.15) is 5.00 Å². The van der Waals surface area contributed by atoms with Gasteiger partial charge in [0.2, 0.25) is 10.0 Å². The SMILES string of the molecule is CCOC(=O)C1CCCN(S(=O)(=O)c2ccc(C(=O)Nc3sc4c(c3C(N)=O)CCN(C)C4)cc2)C1. The molecular formula is C24H30N4O6S2. The number of piperidine rings is 1. The Morgan fingerprint density at radius 1 is 1.19 bits per heavy atom. The van der Waals surface area contributed by atoms with E-state index in [2.05, 4.69) is 10.2 Å². The molecular weight excluding hydrogens is 504 g/mol. The standard InChI is InChI=1S/C24H30N4O6S2/c1-3-34-24(31)16-5-4-11-28(13-16)36(32,33)17-8-6-15(7-9-17)22(30)26-23-20(21(25)29)18-10-12-27(2)14-19(18)35-23/h6-9,16H,3-5,10-14H2,1-2H3,(H2,25,29)(H,26,30). The summed E-state index contributed by atoms with van der Waals surface area (Å²) in [6.07, 6.45) is 1.82. The number of benzene rings is 1.